The Hall–Kier alpha value is -2.11. The summed E-state index contributed by atoms with van der Waals surface area (Å²) in [5.74, 6) is -1.40. The van der Waals surface area contributed by atoms with Crippen LogP contribution in [0.15, 0.2) is 23.3 Å². The fourth-order valence-corrected chi connectivity index (χ4v) is 4.06. The Labute approximate surface area is 167 Å². The minimum absolute atomic E-state index is 0.120. The van der Waals surface area contributed by atoms with E-state index in [4.69, 9.17) is 14.2 Å². The molecule has 1 aliphatic heterocycles. The van der Waals surface area contributed by atoms with Gasteiger partial charge in [-0.05, 0) is 37.7 Å². The van der Waals surface area contributed by atoms with Gasteiger partial charge in [0.2, 0.25) is 0 Å². The van der Waals surface area contributed by atoms with Crippen LogP contribution < -0.4 is 0 Å². The zero-order valence-corrected chi connectivity index (χ0v) is 17.6. The second kappa shape index (κ2) is 9.39. The van der Waals surface area contributed by atoms with Crippen molar-refractivity contribution in [3.05, 3.63) is 23.3 Å². The molecule has 1 fully saturated rings. The average molecular weight is 392 g/mol. The minimum atomic E-state index is -0.539. The van der Waals surface area contributed by atoms with Crippen molar-refractivity contribution in [1.82, 2.24) is 0 Å². The van der Waals surface area contributed by atoms with Crippen molar-refractivity contribution in [2.75, 3.05) is 6.61 Å². The molecule has 5 atom stereocenters. The lowest BCUT2D eigenvalue weighted by atomic mass is 9.73. The van der Waals surface area contributed by atoms with Crippen molar-refractivity contribution in [2.24, 2.45) is 17.8 Å². The van der Waals surface area contributed by atoms with E-state index in [-0.39, 0.29) is 35.8 Å². The Balaban J connectivity index is 2.24. The number of hydrogen-bond acceptors (Lipinski definition) is 6. The first kappa shape index (κ1) is 22.2. The van der Waals surface area contributed by atoms with Gasteiger partial charge in [-0.15, -0.1) is 0 Å². The fourth-order valence-electron chi connectivity index (χ4n) is 4.06. The Bertz CT molecular complexity index is 677. The molecule has 1 heterocycles. The number of carbonyl (C=O) groups is 3. The second-order valence-corrected chi connectivity index (χ2v) is 7.98. The van der Waals surface area contributed by atoms with Crippen LogP contribution in [0.3, 0.4) is 0 Å². The van der Waals surface area contributed by atoms with E-state index in [9.17, 15) is 14.4 Å². The summed E-state index contributed by atoms with van der Waals surface area (Å²) in [5, 5.41) is 0. The molecule has 0 saturated carbocycles. The van der Waals surface area contributed by atoms with Gasteiger partial charge in [-0.25, -0.2) is 4.79 Å². The van der Waals surface area contributed by atoms with E-state index < -0.39 is 12.1 Å². The largest absolute Gasteiger partial charge is 0.466 e. The highest BCUT2D eigenvalue weighted by Crippen LogP contribution is 2.45. The summed E-state index contributed by atoms with van der Waals surface area (Å²) in [6.07, 6.45) is 1.95. The molecule has 0 spiro atoms. The second-order valence-electron chi connectivity index (χ2n) is 7.98. The van der Waals surface area contributed by atoms with Crippen molar-refractivity contribution < 1.29 is 28.6 Å². The molecule has 0 aromatic heterocycles. The SMILES string of the molecule is C=C1C(=O)OC2CC(C)=C(C(C)CCCOC(C)=O)C(OC(=O)C(C)CC)C12. The maximum absolute atomic E-state index is 12.6. The molecule has 0 aromatic rings. The quantitative estimate of drug-likeness (QED) is 0.206. The first-order chi connectivity index (χ1) is 13.2. The zero-order chi connectivity index (χ0) is 21.0. The molecular formula is C22H32O6. The molecule has 0 bridgehead atoms. The number of fused-ring (bicyclic) bond motifs is 1. The molecule has 2 aliphatic rings. The summed E-state index contributed by atoms with van der Waals surface area (Å²) >= 11 is 0. The van der Waals surface area contributed by atoms with E-state index in [0.29, 0.717) is 31.4 Å². The van der Waals surface area contributed by atoms with Crippen LogP contribution in [0.4, 0.5) is 0 Å². The van der Waals surface area contributed by atoms with Crippen molar-refractivity contribution in [3.63, 3.8) is 0 Å². The van der Waals surface area contributed by atoms with Gasteiger partial charge in [0.1, 0.15) is 12.2 Å². The summed E-state index contributed by atoms with van der Waals surface area (Å²) in [5.41, 5.74) is 2.51. The molecule has 0 N–H and O–H groups in total. The summed E-state index contributed by atoms with van der Waals surface area (Å²) in [4.78, 5) is 35.6. The molecule has 6 nitrogen and oxygen atoms in total. The van der Waals surface area contributed by atoms with Crippen molar-refractivity contribution in [1.29, 1.82) is 0 Å². The minimum Gasteiger partial charge on any atom is -0.466 e. The standard InChI is InChI=1S/C22H32O6/c1-7-12(2)21(24)28-20-18(13(3)9-8-10-26-16(6)23)14(4)11-17-19(20)15(5)22(25)27-17/h12-13,17,19-20H,5,7-11H2,1-4,6H3. The predicted molar refractivity (Wildman–Crippen MR) is 104 cm³/mol. The highest BCUT2D eigenvalue weighted by Gasteiger charge is 2.50. The van der Waals surface area contributed by atoms with Crippen LogP contribution in [0.1, 0.15) is 60.3 Å². The molecular weight excluding hydrogens is 360 g/mol. The average Bonchev–Trinajstić information content (AvgIpc) is 2.91. The van der Waals surface area contributed by atoms with E-state index in [1.54, 1.807) is 0 Å². The monoisotopic (exact) mass is 392 g/mol. The summed E-state index contributed by atoms with van der Waals surface area (Å²) in [6.45, 7) is 13.5. The lowest BCUT2D eigenvalue weighted by Gasteiger charge is -2.38. The van der Waals surface area contributed by atoms with E-state index in [0.717, 1.165) is 17.6 Å². The predicted octanol–water partition coefficient (Wildman–Crippen LogP) is 3.74. The molecule has 0 amide bonds. The first-order valence-electron chi connectivity index (χ1n) is 10.1. The van der Waals surface area contributed by atoms with Crippen LogP contribution in [0.25, 0.3) is 0 Å². The molecule has 1 aliphatic carbocycles. The summed E-state index contributed by atoms with van der Waals surface area (Å²) < 4.78 is 16.5. The topological polar surface area (TPSA) is 78.9 Å². The van der Waals surface area contributed by atoms with Gasteiger partial charge in [0.15, 0.2) is 0 Å². The summed E-state index contributed by atoms with van der Waals surface area (Å²) in [7, 11) is 0. The number of carbonyl (C=O) groups excluding carboxylic acids is 3. The highest BCUT2D eigenvalue weighted by atomic mass is 16.6. The van der Waals surface area contributed by atoms with E-state index in [1.807, 2.05) is 20.8 Å². The third-order valence-electron chi connectivity index (χ3n) is 5.83. The number of ether oxygens (including phenoxy) is 3. The smallest absolute Gasteiger partial charge is 0.334 e. The molecule has 1 saturated heterocycles. The lowest BCUT2D eigenvalue weighted by Crippen LogP contribution is -2.41. The van der Waals surface area contributed by atoms with Gasteiger partial charge < -0.3 is 14.2 Å². The van der Waals surface area contributed by atoms with Crippen LogP contribution in [0.2, 0.25) is 0 Å². The normalized spacial score (nSPS) is 26.4. The maximum Gasteiger partial charge on any atom is 0.334 e. The molecule has 0 aromatic carbocycles. The molecule has 2 rings (SSSR count). The van der Waals surface area contributed by atoms with Crippen molar-refractivity contribution in [2.45, 2.75) is 72.5 Å². The Morgan fingerprint density at radius 1 is 1.32 bits per heavy atom. The number of hydrogen-bond donors (Lipinski definition) is 0. The van der Waals surface area contributed by atoms with Gasteiger partial charge in [-0.3, -0.25) is 9.59 Å². The molecule has 156 valence electrons. The number of rotatable bonds is 8. The van der Waals surface area contributed by atoms with Crippen molar-refractivity contribution >= 4 is 17.9 Å². The first-order valence-corrected chi connectivity index (χ1v) is 10.1. The van der Waals surface area contributed by atoms with Gasteiger partial charge in [0.25, 0.3) is 0 Å². The van der Waals surface area contributed by atoms with Gasteiger partial charge in [-0.1, -0.05) is 32.9 Å². The van der Waals surface area contributed by atoms with Gasteiger partial charge >= 0.3 is 17.9 Å². The fraction of sp³-hybridized carbons (Fsp3) is 0.682. The van der Waals surface area contributed by atoms with Crippen LogP contribution in [0, 0.1) is 17.8 Å². The van der Waals surface area contributed by atoms with Gasteiger partial charge in [-0.2, -0.15) is 0 Å². The van der Waals surface area contributed by atoms with Crippen LogP contribution in [-0.4, -0.2) is 36.7 Å². The van der Waals surface area contributed by atoms with E-state index >= 15 is 0 Å². The van der Waals surface area contributed by atoms with Crippen LogP contribution in [0.5, 0.6) is 0 Å². The molecule has 0 radical (unpaired) electrons. The van der Waals surface area contributed by atoms with Gasteiger partial charge in [0, 0.05) is 18.9 Å². The molecule has 6 heteroatoms. The summed E-state index contributed by atoms with van der Waals surface area (Å²) in [6, 6.07) is 0. The molecule has 5 unspecified atom stereocenters. The van der Waals surface area contributed by atoms with Crippen LogP contribution >= 0.6 is 0 Å². The maximum atomic E-state index is 12.6. The zero-order valence-electron chi connectivity index (χ0n) is 17.6. The third-order valence-corrected chi connectivity index (χ3v) is 5.83. The Morgan fingerprint density at radius 2 is 2.00 bits per heavy atom. The Morgan fingerprint density at radius 3 is 2.61 bits per heavy atom. The molecule has 28 heavy (non-hydrogen) atoms. The van der Waals surface area contributed by atoms with E-state index in [2.05, 4.69) is 13.5 Å². The third kappa shape index (κ3) is 4.83. The highest BCUT2D eigenvalue weighted by molar-refractivity contribution is 5.91. The van der Waals surface area contributed by atoms with Gasteiger partial charge in [0.05, 0.1) is 18.4 Å². The number of esters is 3. The lowest BCUT2D eigenvalue weighted by molar-refractivity contribution is -0.155. The van der Waals surface area contributed by atoms with Crippen molar-refractivity contribution in [3.8, 4) is 0 Å². The van der Waals surface area contributed by atoms with E-state index in [1.165, 1.54) is 6.92 Å². The Kier molecular flexibility index (Phi) is 7.44. The van der Waals surface area contributed by atoms with Crippen LogP contribution in [-0.2, 0) is 28.6 Å².